The van der Waals surface area contributed by atoms with E-state index in [0.29, 0.717) is 16.4 Å². The third-order valence-corrected chi connectivity index (χ3v) is 2.38. The van der Waals surface area contributed by atoms with Gasteiger partial charge in [-0.2, -0.15) is 0 Å². The number of hydrogen-bond acceptors (Lipinski definition) is 2. The molecule has 0 aliphatic carbocycles. The van der Waals surface area contributed by atoms with Crippen LogP contribution in [0.15, 0.2) is 18.3 Å². The van der Waals surface area contributed by atoms with Crippen LogP contribution in [0.3, 0.4) is 0 Å². The molecule has 2 aromatic heterocycles. The van der Waals surface area contributed by atoms with Crippen LogP contribution in [0.25, 0.3) is 11.0 Å². The first kappa shape index (κ1) is 11.0. The summed E-state index contributed by atoms with van der Waals surface area (Å²) < 4.78 is 0. The second-order valence-corrected chi connectivity index (χ2v) is 4.25. The van der Waals surface area contributed by atoms with Gasteiger partial charge in [-0.25, -0.2) is 4.98 Å². The maximum Gasteiger partial charge on any atom is 0.253 e. The van der Waals surface area contributed by atoms with E-state index in [9.17, 15) is 4.79 Å². The van der Waals surface area contributed by atoms with Crippen molar-refractivity contribution in [1.29, 1.82) is 0 Å². The quantitative estimate of drug-likeness (QED) is 0.788. The Bertz CT molecular complexity index is 533. The van der Waals surface area contributed by atoms with Crippen molar-refractivity contribution in [1.82, 2.24) is 15.3 Å². The van der Waals surface area contributed by atoms with Gasteiger partial charge in [-0.15, -0.1) is 0 Å². The summed E-state index contributed by atoms with van der Waals surface area (Å²) in [6, 6.07) is 3.57. The van der Waals surface area contributed by atoms with Crippen LogP contribution < -0.4 is 5.32 Å². The maximum absolute atomic E-state index is 11.8. The highest BCUT2D eigenvalue weighted by Crippen LogP contribution is 2.18. The Morgan fingerprint density at radius 1 is 1.50 bits per heavy atom. The number of amides is 1. The summed E-state index contributed by atoms with van der Waals surface area (Å²) in [7, 11) is 0. The van der Waals surface area contributed by atoms with E-state index in [4.69, 9.17) is 11.6 Å². The van der Waals surface area contributed by atoms with Gasteiger partial charge < -0.3 is 10.3 Å². The van der Waals surface area contributed by atoms with Crippen molar-refractivity contribution in [3.05, 3.63) is 29.0 Å². The molecule has 0 bridgehead atoms. The lowest BCUT2D eigenvalue weighted by Gasteiger charge is -2.06. The van der Waals surface area contributed by atoms with Gasteiger partial charge in [0.1, 0.15) is 10.8 Å². The van der Waals surface area contributed by atoms with E-state index in [2.05, 4.69) is 15.3 Å². The van der Waals surface area contributed by atoms with Crippen molar-refractivity contribution in [3.63, 3.8) is 0 Å². The summed E-state index contributed by atoms with van der Waals surface area (Å²) in [5.74, 6) is -0.106. The van der Waals surface area contributed by atoms with Crippen LogP contribution in [0.2, 0.25) is 5.15 Å². The van der Waals surface area contributed by atoms with E-state index in [1.165, 1.54) is 0 Å². The first-order valence-electron chi connectivity index (χ1n) is 5.02. The van der Waals surface area contributed by atoms with Gasteiger partial charge in [0, 0.05) is 17.6 Å². The fraction of sp³-hybridized carbons (Fsp3) is 0.273. The van der Waals surface area contributed by atoms with Gasteiger partial charge >= 0.3 is 0 Å². The Kier molecular flexibility index (Phi) is 2.83. The highest BCUT2D eigenvalue weighted by Gasteiger charge is 2.13. The van der Waals surface area contributed by atoms with Gasteiger partial charge in [0.05, 0.1) is 5.56 Å². The van der Waals surface area contributed by atoms with E-state index >= 15 is 0 Å². The molecule has 0 saturated heterocycles. The van der Waals surface area contributed by atoms with Crippen LogP contribution in [-0.4, -0.2) is 21.9 Å². The Hall–Kier alpha value is -1.55. The third kappa shape index (κ3) is 2.02. The summed E-state index contributed by atoms with van der Waals surface area (Å²) in [6.45, 7) is 3.84. The molecular formula is C11H12ClN3O. The van der Waals surface area contributed by atoms with Gasteiger partial charge in [0.25, 0.3) is 5.91 Å². The van der Waals surface area contributed by atoms with Gasteiger partial charge in [-0.1, -0.05) is 11.6 Å². The number of nitrogens with zero attached hydrogens (tertiary/aromatic N) is 1. The van der Waals surface area contributed by atoms with E-state index in [1.807, 2.05) is 13.8 Å². The minimum Gasteiger partial charge on any atom is -0.350 e. The molecule has 0 radical (unpaired) electrons. The number of carbonyl (C=O) groups excluding carboxylic acids is 1. The average Bonchev–Trinajstić information content (AvgIpc) is 2.59. The number of pyridine rings is 1. The molecule has 2 heterocycles. The van der Waals surface area contributed by atoms with E-state index < -0.39 is 0 Å². The zero-order valence-electron chi connectivity index (χ0n) is 9.04. The second kappa shape index (κ2) is 4.14. The number of halogens is 1. The molecule has 84 valence electrons. The molecule has 2 aromatic rings. The first-order valence-corrected chi connectivity index (χ1v) is 5.40. The van der Waals surface area contributed by atoms with Crippen LogP contribution >= 0.6 is 11.6 Å². The Morgan fingerprint density at radius 3 is 2.94 bits per heavy atom. The van der Waals surface area contributed by atoms with Gasteiger partial charge in [0.15, 0.2) is 0 Å². The monoisotopic (exact) mass is 237 g/mol. The van der Waals surface area contributed by atoms with Gasteiger partial charge in [-0.3, -0.25) is 4.79 Å². The molecule has 0 aliphatic heterocycles. The Morgan fingerprint density at radius 2 is 2.25 bits per heavy atom. The summed E-state index contributed by atoms with van der Waals surface area (Å²) in [5.41, 5.74) is 1.22. The molecule has 2 rings (SSSR count). The van der Waals surface area contributed by atoms with E-state index in [1.54, 1.807) is 18.3 Å². The predicted octanol–water partition coefficient (Wildman–Crippen LogP) is 2.35. The number of rotatable bonds is 2. The Balaban J connectivity index is 2.42. The fourth-order valence-corrected chi connectivity index (χ4v) is 1.66. The largest absolute Gasteiger partial charge is 0.350 e. The van der Waals surface area contributed by atoms with Crippen LogP contribution in [0.4, 0.5) is 0 Å². The molecule has 0 aromatic carbocycles. The number of nitrogens with one attached hydrogen (secondary N) is 2. The maximum atomic E-state index is 11.8. The third-order valence-electron chi connectivity index (χ3n) is 2.17. The standard InChI is InChI=1S/C11H12ClN3O/c1-6(2)14-11(16)8-5-13-10-7(8)3-4-9(12)15-10/h3-6H,1-2H3,(H,13,15)(H,14,16). The molecule has 4 nitrogen and oxygen atoms in total. The van der Waals surface area contributed by atoms with Crippen LogP contribution in [0.5, 0.6) is 0 Å². The molecule has 5 heteroatoms. The minimum absolute atomic E-state index is 0.106. The molecule has 16 heavy (non-hydrogen) atoms. The van der Waals surface area contributed by atoms with Crippen LogP contribution in [0, 0.1) is 0 Å². The minimum atomic E-state index is -0.106. The molecular weight excluding hydrogens is 226 g/mol. The average molecular weight is 238 g/mol. The number of hydrogen-bond donors (Lipinski definition) is 2. The second-order valence-electron chi connectivity index (χ2n) is 3.86. The zero-order chi connectivity index (χ0) is 11.7. The molecule has 0 unspecified atom stereocenters. The normalized spacial score (nSPS) is 11.0. The fourth-order valence-electron chi connectivity index (χ4n) is 1.51. The summed E-state index contributed by atoms with van der Waals surface area (Å²) in [4.78, 5) is 18.8. The molecule has 0 spiro atoms. The molecule has 1 amide bonds. The summed E-state index contributed by atoms with van der Waals surface area (Å²) in [5, 5.41) is 4.02. The highest BCUT2D eigenvalue weighted by atomic mass is 35.5. The van der Waals surface area contributed by atoms with Crippen molar-refractivity contribution in [2.75, 3.05) is 0 Å². The summed E-state index contributed by atoms with van der Waals surface area (Å²) in [6.07, 6.45) is 1.64. The number of aromatic amines is 1. The lowest BCUT2D eigenvalue weighted by atomic mass is 10.2. The molecule has 0 atom stereocenters. The number of aromatic nitrogens is 2. The highest BCUT2D eigenvalue weighted by molar-refractivity contribution is 6.29. The molecule has 2 N–H and O–H groups in total. The van der Waals surface area contributed by atoms with Gasteiger partial charge in [-0.05, 0) is 26.0 Å². The zero-order valence-corrected chi connectivity index (χ0v) is 9.80. The van der Waals surface area contributed by atoms with Gasteiger partial charge in [0.2, 0.25) is 0 Å². The van der Waals surface area contributed by atoms with Crippen molar-refractivity contribution < 1.29 is 4.79 Å². The topological polar surface area (TPSA) is 57.8 Å². The number of carbonyl (C=O) groups is 1. The lowest BCUT2D eigenvalue weighted by Crippen LogP contribution is -2.29. The lowest BCUT2D eigenvalue weighted by molar-refractivity contribution is 0.0945. The number of H-pyrrole nitrogens is 1. The molecule has 0 fully saturated rings. The predicted molar refractivity (Wildman–Crippen MR) is 63.7 cm³/mol. The van der Waals surface area contributed by atoms with E-state index in [-0.39, 0.29) is 11.9 Å². The van der Waals surface area contributed by atoms with Crippen molar-refractivity contribution in [2.24, 2.45) is 0 Å². The van der Waals surface area contributed by atoms with Crippen LogP contribution in [-0.2, 0) is 0 Å². The SMILES string of the molecule is CC(C)NC(=O)c1c[nH]c2nc(Cl)ccc12. The Labute approximate surface area is 98.0 Å². The number of fused-ring (bicyclic) bond motifs is 1. The first-order chi connectivity index (χ1) is 7.58. The van der Waals surface area contributed by atoms with Crippen molar-refractivity contribution in [2.45, 2.75) is 19.9 Å². The molecule has 0 aliphatic rings. The van der Waals surface area contributed by atoms with E-state index in [0.717, 1.165) is 5.39 Å². The smallest absolute Gasteiger partial charge is 0.253 e. The molecule has 0 saturated carbocycles. The van der Waals surface area contributed by atoms with Crippen LogP contribution in [0.1, 0.15) is 24.2 Å². The summed E-state index contributed by atoms with van der Waals surface area (Å²) >= 11 is 5.76. The van der Waals surface area contributed by atoms with Crippen molar-refractivity contribution >= 4 is 28.5 Å². The van der Waals surface area contributed by atoms with Crippen molar-refractivity contribution in [3.8, 4) is 0 Å².